The van der Waals surface area contributed by atoms with Crippen LogP contribution in [0.1, 0.15) is 11.1 Å². The third-order valence-electron chi connectivity index (χ3n) is 4.52. The molecule has 0 heterocycles. The van der Waals surface area contributed by atoms with E-state index >= 15 is 0 Å². The SMILES string of the molecule is COc1ccc(/C=C(\C#N)C(=O)Nc2ccccc2Cl)c(OS(=O)(=O)c2ccc(C)cc2)c1. The van der Waals surface area contributed by atoms with Gasteiger partial charge in [0.25, 0.3) is 5.91 Å². The first-order chi connectivity index (χ1) is 15.7. The summed E-state index contributed by atoms with van der Waals surface area (Å²) in [5.41, 5.74) is 1.13. The highest BCUT2D eigenvalue weighted by Gasteiger charge is 2.20. The van der Waals surface area contributed by atoms with Crippen LogP contribution in [-0.2, 0) is 14.9 Å². The van der Waals surface area contributed by atoms with Crippen molar-refractivity contribution in [2.24, 2.45) is 0 Å². The van der Waals surface area contributed by atoms with Gasteiger partial charge in [0.05, 0.1) is 17.8 Å². The summed E-state index contributed by atoms with van der Waals surface area (Å²) in [6, 6.07) is 18.9. The second-order valence-electron chi connectivity index (χ2n) is 6.86. The molecule has 0 aromatic heterocycles. The summed E-state index contributed by atoms with van der Waals surface area (Å²) in [5.74, 6) is -0.484. The molecule has 0 saturated carbocycles. The third-order valence-corrected chi connectivity index (χ3v) is 6.09. The number of nitrogens with zero attached hydrogens (tertiary/aromatic N) is 1. The van der Waals surface area contributed by atoms with Gasteiger partial charge < -0.3 is 14.2 Å². The van der Waals surface area contributed by atoms with E-state index in [0.717, 1.165) is 5.56 Å². The number of hydrogen-bond donors (Lipinski definition) is 1. The first-order valence-electron chi connectivity index (χ1n) is 9.60. The second-order valence-corrected chi connectivity index (χ2v) is 8.81. The largest absolute Gasteiger partial charge is 0.497 e. The fraction of sp³-hybridized carbons (Fsp3) is 0.0833. The van der Waals surface area contributed by atoms with Crippen molar-refractivity contribution < 1.29 is 22.1 Å². The van der Waals surface area contributed by atoms with Crippen LogP contribution in [-0.4, -0.2) is 21.4 Å². The van der Waals surface area contributed by atoms with E-state index in [1.165, 1.54) is 37.5 Å². The molecule has 3 aromatic carbocycles. The standard InChI is InChI=1S/C24H19ClN2O5S/c1-16-7-11-20(12-8-16)33(29,30)32-23-14-19(31-2)10-9-17(23)13-18(15-26)24(28)27-22-6-4-3-5-21(22)25/h3-14H,1-2H3,(H,27,28)/b18-13+. The number of rotatable bonds is 7. The number of para-hydroxylation sites is 1. The van der Waals surface area contributed by atoms with Gasteiger partial charge >= 0.3 is 10.1 Å². The minimum atomic E-state index is -4.18. The summed E-state index contributed by atoms with van der Waals surface area (Å²) < 4.78 is 36.1. The Balaban J connectivity index is 1.97. The van der Waals surface area contributed by atoms with Gasteiger partial charge in [-0.25, -0.2) is 0 Å². The lowest BCUT2D eigenvalue weighted by Gasteiger charge is -2.12. The van der Waals surface area contributed by atoms with Gasteiger partial charge in [0.2, 0.25) is 0 Å². The van der Waals surface area contributed by atoms with E-state index in [1.807, 2.05) is 13.0 Å². The summed E-state index contributed by atoms with van der Waals surface area (Å²) in [4.78, 5) is 12.6. The number of nitrogens with one attached hydrogen (secondary N) is 1. The molecule has 0 fully saturated rings. The Bertz CT molecular complexity index is 1360. The Labute approximate surface area is 197 Å². The topological polar surface area (TPSA) is 105 Å². The Morgan fingerprint density at radius 2 is 1.79 bits per heavy atom. The molecule has 0 radical (unpaired) electrons. The van der Waals surface area contributed by atoms with Crippen LogP contribution in [0, 0.1) is 18.3 Å². The molecule has 0 spiro atoms. The van der Waals surface area contributed by atoms with Gasteiger partial charge in [-0.15, -0.1) is 0 Å². The summed E-state index contributed by atoms with van der Waals surface area (Å²) >= 11 is 6.06. The van der Waals surface area contributed by atoms with E-state index < -0.39 is 16.0 Å². The highest BCUT2D eigenvalue weighted by molar-refractivity contribution is 7.87. The number of carbonyl (C=O) groups is 1. The molecular weight excluding hydrogens is 464 g/mol. The quantitative estimate of drug-likeness (QED) is 0.289. The number of benzene rings is 3. The number of anilines is 1. The number of hydrogen-bond acceptors (Lipinski definition) is 6. The molecule has 3 aromatic rings. The van der Waals surface area contributed by atoms with E-state index in [9.17, 15) is 18.5 Å². The number of halogens is 1. The fourth-order valence-corrected chi connectivity index (χ4v) is 3.89. The average Bonchev–Trinajstić information content (AvgIpc) is 2.79. The van der Waals surface area contributed by atoms with Crippen LogP contribution < -0.4 is 14.2 Å². The van der Waals surface area contributed by atoms with Crippen LogP contribution >= 0.6 is 11.6 Å². The second kappa shape index (κ2) is 10.2. The van der Waals surface area contributed by atoms with Gasteiger partial charge in [0.1, 0.15) is 22.3 Å². The zero-order valence-electron chi connectivity index (χ0n) is 17.7. The Hall–Kier alpha value is -3.80. The molecule has 0 unspecified atom stereocenters. The maximum absolute atomic E-state index is 12.8. The van der Waals surface area contributed by atoms with Crippen LogP contribution in [0.2, 0.25) is 5.02 Å². The van der Waals surface area contributed by atoms with Crippen molar-refractivity contribution in [2.45, 2.75) is 11.8 Å². The van der Waals surface area contributed by atoms with Crippen molar-refractivity contribution >= 4 is 39.4 Å². The van der Waals surface area contributed by atoms with E-state index in [-0.39, 0.29) is 21.8 Å². The minimum absolute atomic E-state index is 0.0391. The Morgan fingerprint density at radius 1 is 1.09 bits per heavy atom. The van der Waals surface area contributed by atoms with Crippen molar-refractivity contribution in [1.82, 2.24) is 0 Å². The van der Waals surface area contributed by atoms with Gasteiger partial charge in [0, 0.05) is 11.6 Å². The Kier molecular flexibility index (Phi) is 7.38. The summed E-state index contributed by atoms with van der Waals surface area (Å²) in [5, 5.41) is 12.4. The van der Waals surface area contributed by atoms with Gasteiger partial charge in [0.15, 0.2) is 5.75 Å². The van der Waals surface area contributed by atoms with Crippen molar-refractivity contribution in [3.8, 4) is 17.6 Å². The highest BCUT2D eigenvalue weighted by Crippen LogP contribution is 2.30. The first-order valence-corrected chi connectivity index (χ1v) is 11.4. The smallest absolute Gasteiger partial charge is 0.339 e. The monoisotopic (exact) mass is 482 g/mol. The zero-order valence-corrected chi connectivity index (χ0v) is 19.3. The minimum Gasteiger partial charge on any atom is -0.497 e. The summed E-state index contributed by atoms with van der Waals surface area (Å²) in [6.07, 6.45) is 1.23. The van der Waals surface area contributed by atoms with Crippen LogP contribution in [0.5, 0.6) is 11.5 Å². The zero-order chi connectivity index (χ0) is 24.0. The predicted octanol–water partition coefficient (Wildman–Crippen LogP) is 4.97. The number of amides is 1. The van der Waals surface area contributed by atoms with Crippen molar-refractivity contribution in [3.05, 3.63) is 88.5 Å². The normalized spacial score (nSPS) is 11.4. The van der Waals surface area contributed by atoms with Crippen LogP contribution in [0.15, 0.2) is 77.2 Å². The molecule has 1 N–H and O–H groups in total. The van der Waals surface area contributed by atoms with Gasteiger partial charge in [-0.05, 0) is 49.4 Å². The Morgan fingerprint density at radius 3 is 2.42 bits per heavy atom. The van der Waals surface area contributed by atoms with Crippen LogP contribution in [0.25, 0.3) is 6.08 Å². The molecule has 3 rings (SSSR count). The number of methoxy groups -OCH3 is 1. The number of carbonyl (C=O) groups excluding carboxylic acids is 1. The predicted molar refractivity (Wildman–Crippen MR) is 126 cm³/mol. The van der Waals surface area contributed by atoms with E-state index in [0.29, 0.717) is 16.5 Å². The van der Waals surface area contributed by atoms with Crippen molar-refractivity contribution in [1.29, 1.82) is 5.26 Å². The molecule has 33 heavy (non-hydrogen) atoms. The molecule has 7 nitrogen and oxygen atoms in total. The molecule has 0 aliphatic heterocycles. The molecule has 0 saturated heterocycles. The molecular formula is C24H19ClN2O5S. The maximum Gasteiger partial charge on any atom is 0.339 e. The maximum atomic E-state index is 12.8. The van der Waals surface area contributed by atoms with E-state index in [4.69, 9.17) is 20.5 Å². The lowest BCUT2D eigenvalue weighted by atomic mass is 10.1. The number of nitriles is 1. The van der Waals surface area contributed by atoms with E-state index in [2.05, 4.69) is 5.32 Å². The van der Waals surface area contributed by atoms with Crippen LogP contribution in [0.4, 0.5) is 5.69 Å². The summed E-state index contributed by atoms with van der Waals surface area (Å²) in [6.45, 7) is 1.83. The fourth-order valence-electron chi connectivity index (χ4n) is 2.76. The molecule has 9 heteroatoms. The van der Waals surface area contributed by atoms with Gasteiger partial charge in [-0.1, -0.05) is 41.4 Å². The molecule has 168 valence electrons. The van der Waals surface area contributed by atoms with Crippen molar-refractivity contribution in [3.63, 3.8) is 0 Å². The third kappa shape index (κ3) is 5.92. The number of aryl methyl sites for hydroxylation is 1. The molecule has 0 atom stereocenters. The lowest BCUT2D eigenvalue weighted by Crippen LogP contribution is -2.14. The van der Waals surface area contributed by atoms with E-state index in [1.54, 1.807) is 42.5 Å². The molecule has 0 aliphatic rings. The van der Waals surface area contributed by atoms with Crippen LogP contribution in [0.3, 0.4) is 0 Å². The number of ether oxygens (including phenoxy) is 1. The molecule has 0 aliphatic carbocycles. The first kappa shape index (κ1) is 23.9. The lowest BCUT2D eigenvalue weighted by molar-refractivity contribution is -0.112. The molecule has 0 bridgehead atoms. The van der Waals surface area contributed by atoms with Gasteiger partial charge in [-0.3, -0.25) is 4.79 Å². The summed E-state index contributed by atoms with van der Waals surface area (Å²) in [7, 11) is -2.76. The van der Waals surface area contributed by atoms with Gasteiger partial charge in [-0.2, -0.15) is 13.7 Å². The molecule has 1 amide bonds. The average molecular weight is 483 g/mol. The van der Waals surface area contributed by atoms with Crippen molar-refractivity contribution in [2.75, 3.05) is 12.4 Å². The highest BCUT2D eigenvalue weighted by atomic mass is 35.5.